The molecule has 31 heavy (non-hydrogen) atoms. The number of fused-ring (bicyclic) bond motifs is 2. The van der Waals surface area contributed by atoms with E-state index in [9.17, 15) is 18.3 Å². The normalized spacial score (nSPS) is 23.7. The number of amides is 1. The summed E-state index contributed by atoms with van der Waals surface area (Å²) in [5.74, 6) is 0.760. The lowest BCUT2D eigenvalue weighted by molar-refractivity contribution is 0.201. The summed E-state index contributed by atoms with van der Waals surface area (Å²) in [5, 5.41) is 9.49. The molecule has 2 atom stereocenters. The van der Waals surface area contributed by atoms with Gasteiger partial charge in [0.15, 0.2) is 0 Å². The van der Waals surface area contributed by atoms with Crippen molar-refractivity contribution in [3.63, 3.8) is 0 Å². The van der Waals surface area contributed by atoms with Crippen LogP contribution in [-0.4, -0.2) is 69.4 Å². The van der Waals surface area contributed by atoms with Crippen LogP contribution in [0, 0.1) is 11.8 Å². The molecule has 3 aliphatic rings. The molecule has 3 aliphatic heterocycles. The minimum absolute atomic E-state index is 0.380. The number of carbonyl (C=O) groups is 1. The molecule has 2 saturated heterocycles. The standard InChI is InChI=1S/C22H26N4O4S/c1-31(29,30)24-14-16-12-23(13-17(16)15-24)18-6-8-19(9-7-18)25-10-11-26(22(27)28)21-5-3-2-4-20(21)25/h2-9,16-17H,10-15H2,1H3,(H,27,28). The van der Waals surface area contributed by atoms with Gasteiger partial charge in [0.25, 0.3) is 0 Å². The molecule has 1 N–H and O–H groups in total. The molecule has 0 radical (unpaired) electrons. The van der Waals surface area contributed by atoms with Crippen molar-refractivity contribution in [3.8, 4) is 0 Å². The number of hydrogen-bond acceptors (Lipinski definition) is 5. The monoisotopic (exact) mass is 442 g/mol. The lowest BCUT2D eigenvalue weighted by Gasteiger charge is -2.36. The van der Waals surface area contributed by atoms with Crippen LogP contribution in [0.5, 0.6) is 0 Å². The third-order valence-corrected chi connectivity index (χ3v) is 7.93. The molecule has 5 rings (SSSR count). The smallest absolute Gasteiger partial charge is 0.411 e. The van der Waals surface area contributed by atoms with E-state index in [4.69, 9.17) is 0 Å². The topological polar surface area (TPSA) is 84.4 Å². The minimum Gasteiger partial charge on any atom is -0.465 e. The third-order valence-electron chi connectivity index (χ3n) is 6.69. The maximum absolute atomic E-state index is 11.8. The Kier molecular flexibility index (Phi) is 4.82. The van der Waals surface area contributed by atoms with Gasteiger partial charge < -0.3 is 14.9 Å². The SMILES string of the molecule is CS(=O)(=O)N1CC2CN(c3ccc(N4CCN(C(=O)O)c5ccccc54)cc3)CC2C1. The van der Waals surface area contributed by atoms with Crippen molar-refractivity contribution in [1.29, 1.82) is 0 Å². The molecule has 0 aliphatic carbocycles. The summed E-state index contributed by atoms with van der Waals surface area (Å²) in [7, 11) is -3.11. The number of sulfonamides is 1. The van der Waals surface area contributed by atoms with Crippen LogP contribution in [0.25, 0.3) is 0 Å². The van der Waals surface area contributed by atoms with Crippen LogP contribution in [0.3, 0.4) is 0 Å². The maximum atomic E-state index is 11.8. The molecule has 0 spiro atoms. The van der Waals surface area contributed by atoms with Gasteiger partial charge in [0.1, 0.15) is 0 Å². The number of carboxylic acid groups (broad SMARTS) is 1. The first-order chi connectivity index (χ1) is 14.8. The average Bonchev–Trinajstić information content (AvgIpc) is 3.32. The first kappa shape index (κ1) is 20.1. The van der Waals surface area contributed by atoms with Crippen molar-refractivity contribution in [2.45, 2.75) is 0 Å². The summed E-state index contributed by atoms with van der Waals surface area (Å²) in [6, 6.07) is 16.0. The largest absolute Gasteiger partial charge is 0.465 e. The summed E-state index contributed by atoms with van der Waals surface area (Å²) in [6.07, 6.45) is 0.357. The fourth-order valence-electron chi connectivity index (χ4n) is 5.10. The highest BCUT2D eigenvalue weighted by atomic mass is 32.2. The fourth-order valence-corrected chi connectivity index (χ4v) is 6.03. The summed E-state index contributed by atoms with van der Waals surface area (Å²) in [6.45, 7) is 3.98. The van der Waals surface area contributed by atoms with E-state index in [1.807, 2.05) is 24.3 Å². The van der Waals surface area contributed by atoms with E-state index in [0.29, 0.717) is 43.7 Å². The van der Waals surface area contributed by atoms with Crippen LogP contribution < -0.4 is 14.7 Å². The van der Waals surface area contributed by atoms with Crippen LogP contribution >= 0.6 is 0 Å². The molecule has 2 unspecified atom stereocenters. The average molecular weight is 443 g/mol. The second kappa shape index (κ2) is 7.42. The van der Waals surface area contributed by atoms with Gasteiger partial charge in [0.05, 0.1) is 17.6 Å². The number of rotatable bonds is 3. The third kappa shape index (κ3) is 3.61. The van der Waals surface area contributed by atoms with Crippen LogP contribution in [0.1, 0.15) is 0 Å². The zero-order valence-electron chi connectivity index (χ0n) is 17.4. The lowest BCUT2D eigenvalue weighted by Crippen LogP contribution is -2.41. The fraction of sp³-hybridized carbons (Fsp3) is 0.409. The number of anilines is 4. The predicted molar refractivity (Wildman–Crippen MR) is 121 cm³/mol. The maximum Gasteiger partial charge on any atom is 0.411 e. The van der Waals surface area contributed by atoms with Crippen molar-refractivity contribution < 1.29 is 18.3 Å². The molecule has 2 aromatic carbocycles. The van der Waals surface area contributed by atoms with Crippen LogP contribution in [0.2, 0.25) is 0 Å². The Morgan fingerprint density at radius 2 is 1.45 bits per heavy atom. The van der Waals surface area contributed by atoms with E-state index in [1.165, 1.54) is 11.2 Å². The van der Waals surface area contributed by atoms with Crippen molar-refractivity contribution in [2.24, 2.45) is 11.8 Å². The number of nitrogens with zero attached hydrogens (tertiary/aromatic N) is 4. The van der Waals surface area contributed by atoms with Gasteiger partial charge in [-0.3, -0.25) is 4.90 Å². The molecule has 8 nitrogen and oxygen atoms in total. The Hall–Kier alpha value is -2.78. The predicted octanol–water partition coefficient (Wildman–Crippen LogP) is 2.65. The number of hydrogen-bond donors (Lipinski definition) is 1. The molecule has 2 fully saturated rings. The summed E-state index contributed by atoms with van der Waals surface area (Å²) < 4.78 is 25.3. The molecule has 2 aromatic rings. The first-order valence-corrected chi connectivity index (χ1v) is 12.3. The van der Waals surface area contributed by atoms with E-state index in [0.717, 1.165) is 30.2 Å². The number of benzene rings is 2. The molecule has 164 valence electrons. The van der Waals surface area contributed by atoms with E-state index in [2.05, 4.69) is 34.1 Å². The zero-order chi connectivity index (χ0) is 21.8. The highest BCUT2D eigenvalue weighted by Gasteiger charge is 2.42. The van der Waals surface area contributed by atoms with E-state index in [-0.39, 0.29) is 0 Å². The van der Waals surface area contributed by atoms with Crippen molar-refractivity contribution in [3.05, 3.63) is 48.5 Å². The Labute approximate surface area is 182 Å². The summed E-state index contributed by atoms with van der Waals surface area (Å²) in [5.41, 5.74) is 3.76. The minimum atomic E-state index is -3.11. The van der Waals surface area contributed by atoms with Gasteiger partial charge in [-0.15, -0.1) is 0 Å². The van der Waals surface area contributed by atoms with Gasteiger partial charge in [-0.2, -0.15) is 0 Å². The van der Waals surface area contributed by atoms with Crippen LogP contribution in [0.15, 0.2) is 48.5 Å². The quantitative estimate of drug-likeness (QED) is 0.787. The Morgan fingerprint density at radius 3 is 2.03 bits per heavy atom. The second-order valence-electron chi connectivity index (χ2n) is 8.60. The van der Waals surface area contributed by atoms with E-state index in [1.54, 1.807) is 4.31 Å². The molecule has 3 heterocycles. The lowest BCUT2D eigenvalue weighted by atomic mass is 10.0. The highest BCUT2D eigenvalue weighted by molar-refractivity contribution is 7.88. The van der Waals surface area contributed by atoms with Gasteiger partial charge >= 0.3 is 6.09 Å². The molecular weight excluding hydrogens is 416 g/mol. The van der Waals surface area contributed by atoms with Crippen LogP contribution in [0.4, 0.5) is 27.5 Å². The number of para-hydroxylation sites is 2. The summed E-state index contributed by atoms with van der Waals surface area (Å²) in [4.78, 5) is 17.5. The second-order valence-corrected chi connectivity index (χ2v) is 10.6. The van der Waals surface area contributed by atoms with Gasteiger partial charge in [0.2, 0.25) is 10.0 Å². The van der Waals surface area contributed by atoms with Crippen molar-refractivity contribution in [2.75, 3.05) is 60.2 Å². The Bertz CT molecular complexity index is 1090. The van der Waals surface area contributed by atoms with Crippen molar-refractivity contribution in [1.82, 2.24) is 4.31 Å². The first-order valence-electron chi connectivity index (χ1n) is 10.5. The van der Waals surface area contributed by atoms with Crippen LogP contribution in [-0.2, 0) is 10.0 Å². The molecule has 1 amide bonds. The zero-order valence-corrected chi connectivity index (χ0v) is 18.2. The molecule has 9 heteroatoms. The molecule has 0 saturated carbocycles. The van der Waals surface area contributed by atoms with Gasteiger partial charge in [-0.05, 0) is 48.2 Å². The van der Waals surface area contributed by atoms with Gasteiger partial charge in [-0.25, -0.2) is 17.5 Å². The van der Waals surface area contributed by atoms with Gasteiger partial charge in [0, 0.05) is 50.6 Å². The highest BCUT2D eigenvalue weighted by Crippen LogP contribution is 2.39. The van der Waals surface area contributed by atoms with Gasteiger partial charge in [-0.1, -0.05) is 12.1 Å². The van der Waals surface area contributed by atoms with E-state index >= 15 is 0 Å². The van der Waals surface area contributed by atoms with E-state index < -0.39 is 16.1 Å². The molecular formula is C22H26N4O4S. The molecule has 0 bridgehead atoms. The Balaban J connectivity index is 1.32. The molecule has 0 aromatic heterocycles. The van der Waals surface area contributed by atoms with Crippen molar-refractivity contribution >= 4 is 38.9 Å². The Morgan fingerprint density at radius 1 is 0.871 bits per heavy atom. The summed E-state index contributed by atoms with van der Waals surface area (Å²) >= 11 is 0.